The highest BCUT2D eigenvalue weighted by Crippen LogP contribution is 2.31. The van der Waals surface area contributed by atoms with Crippen LogP contribution in [0.25, 0.3) is 0 Å². The maximum atomic E-state index is 12.9. The molecule has 0 bridgehead atoms. The number of furan rings is 1. The van der Waals surface area contributed by atoms with E-state index in [1.807, 2.05) is 60.5 Å². The minimum Gasteiger partial charge on any atom is -0.491 e. The van der Waals surface area contributed by atoms with Gasteiger partial charge in [-0.1, -0.05) is 0 Å². The van der Waals surface area contributed by atoms with Crippen LogP contribution in [0.3, 0.4) is 0 Å². The molecule has 0 N–H and O–H groups in total. The number of carbonyl (C=O) groups excluding carboxylic acids is 2. The van der Waals surface area contributed by atoms with Crippen LogP contribution >= 0.6 is 11.3 Å². The zero-order valence-electron chi connectivity index (χ0n) is 19.2. The summed E-state index contributed by atoms with van der Waals surface area (Å²) in [6, 6.07) is 11.0. The first-order valence-electron chi connectivity index (χ1n) is 11.2. The van der Waals surface area contributed by atoms with Crippen LogP contribution in [0.15, 0.2) is 52.5 Å². The normalized spacial score (nSPS) is 14.5. The Kier molecular flexibility index (Phi) is 7.13. The van der Waals surface area contributed by atoms with Crippen molar-refractivity contribution in [1.82, 2.24) is 14.8 Å². The largest absolute Gasteiger partial charge is 0.491 e. The van der Waals surface area contributed by atoms with Gasteiger partial charge in [-0.3, -0.25) is 9.59 Å². The molecule has 174 valence electrons. The van der Waals surface area contributed by atoms with Gasteiger partial charge in [0.05, 0.1) is 23.9 Å². The molecule has 8 heteroatoms. The van der Waals surface area contributed by atoms with Gasteiger partial charge in [0.15, 0.2) is 0 Å². The number of hydrogen-bond donors (Lipinski definition) is 0. The number of hydrogen-bond acceptors (Lipinski definition) is 6. The van der Waals surface area contributed by atoms with E-state index < -0.39 is 0 Å². The van der Waals surface area contributed by atoms with E-state index >= 15 is 0 Å². The Labute approximate surface area is 198 Å². The van der Waals surface area contributed by atoms with Gasteiger partial charge in [0, 0.05) is 37.0 Å². The minimum absolute atomic E-state index is 0.0408. The summed E-state index contributed by atoms with van der Waals surface area (Å²) in [5.41, 5.74) is 1.14. The van der Waals surface area contributed by atoms with E-state index in [-0.39, 0.29) is 23.8 Å². The molecular weight excluding hydrogens is 438 g/mol. The number of nitrogens with zero attached hydrogens (tertiary/aromatic N) is 3. The van der Waals surface area contributed by atoms with Gasteiger partial charge in [-0.15, -0.1) is 11.3 Å². The number of amides is 2. The smallest absolute Gasteiger partial charge is 0.273 e. The molecular formula is C25H29N3O4S. The van der Waals surface area contributed by atoms with Gasteiger partial charge >= 0.3 is 0 Å². The quantitative estimate of drug-likeness (QED) is 0.498. The van der Waals surface area contributed by atoms with E-state index in [9.17, 15) is 9.59 Å². The second kappa shape index (κ2) is 10.2. The van der Waals surface area contributed by atoms with E-state index in [0.29, 0.717) is 30.9 Å². The van der Waals surface area contributed by atoms with Gasteiger partial charge < -0.3 is 19.0 Å². The van der Waals surface area contributed by atoms with Gasteiger partial charge in [-0.2, -0.15) is 0 Å². The fourth-order valence-electron chi connectivity index (χ4n) is 3.94. The van der Waals surface area contributed by atoms with Crippen molar-refractivity contribution in [2.24, 2.45) is 0 Å². The molecule has 4 rings (SSSR count). The third-order valence-corrected chi connectivity index (χ3v) is 6.67. The molecule has 7 nitrogen and oxygen atoms in total. The first-order chi connectivity index (χ1) is 15.9. The Morgan fingerprint density at radius 1 is 1.21 bits per heavy atom. The van der Waals surface area contributed by atoms with E-state index in [1.54, 1.807) is 18.2 Å². The second-order valence-electron chi connectivity index (χ2n) is 8.57. The van der Waals surface area contributed by atoms with Gasteiger partial charge in [-0.25, -0.2) is 4.98 Å². The zero-order valence-corrected chi connectivity index (χ0v) is 20.0. The molecule has 0 spiro atoms. The SMILES string of the molecule is CC(C)Oc1ccc(C(=O)N2CCC(c3nc(C(=O)N(C)Cc4ccco4)cs3)CC2)cc1. The first-order valence-corrected chi connectivity index (χ1v) is 12.1. The van der Waals surface area contributed by atoms with Crippen molar-refractivity contribution >= 4 is 23.2 Å². The number of carbonyl (C=O) groups is 2. The van der Waals surface area contributed by atoms with E-state index in [1.165, 1.54) is 11.3 Å². The molecule has 1 fully saturated rings. The predicted octanol–water partition coefficient (Wildman–Crippen LogP) is 4.82. The van der Waals surface area contributed by atoms with Crippen LogP contribution in [0.2, 0.25) is 0 Å². The lowest BCUT2D eigenvalue weighted by molar-refractivity contribution is 0.0713. The van der Waals surface area contributed by atoms with E-state index in [4.69, 9.17) is 9.15 Å². The van der Waals surface area contributed by atoms with Gasteiger partial charge in [0.1, 0.15) is 17.2 Å². The van der Waals surface area contributed by atoms with Crippen LogP contribution in [-0.2, 0) is 6.54 Å². The molecule has 1 saturated heterocycles. The second-order valence-corrected chi connectivity index (χ2v) is 9.46. The van der Waals surface area contributed by atoms with Crippen molar-refractivity contribution in [1.29, 1.82) is 0 Å². The van der Waals surface area contributed by atoms with Crippen LogP contribution in [0.1, 0.15) is 64.2 Å². The molecule has 3 aromatic rings. The Balaban J connectivity index is 1.31. The van der Waals surface area contributed by atoms with Crippen molar-refractivity contribution in [3.8, 4) is 5.75 Å². The summed E-state index contributed by atoms with van der Waals surface area (Å²) in [4.78, 5) is 33.7. The average Bonchev–Trinajstić information content (AvgIpc) is 3.51. The Bertz CT molecular complexity index is 1070. The first kappa shape index (κ1) is 23.0. The fourth-order valence-corrected chi connectivity index (χ4v) is 4.90. The summed E-state index contributed by atoms with van der Waals surface area (Å²) in [7, 11) is 1.75. The number of benzene rings is 1. The standard InChI is InChI=1S/C25H29N3O4S/c1-17(2)32-20-8-6-19(7-9-20)24(29)28-12-10-18(11-13-28)23-26-22(16-33-23)25(30)27(3)15-21-5-4-14-31-21/h4-9,14,16-18H,10-13,15H2,1-3H3. The van der Waals surface area contributed by atoms with E-state index in [0.717, 1.165) is 29.4 Å². The molecule has 1 aromatic carbocycles. The molecule has 0 unspecified atom stereocenters. The lowest BCUT2D eigenvalue weighted by Crippen LogP contribution is -2.37. The van der Waals surface area contributed by atoms with E-state index in [2.05, 4.69) is 4.98 Å². The molecule has 33 heavy (non-hydrogen) atoms. The van der Waals surface area contributed by atoms with Gasteiger partial charge in [-0.05, 0) is 63.1 Å². The third kappa shape index (κ3) is 5.63. The average molecular weight is 468 g/mol. The summed E-state index contributed by atoms with van der Waals surface area (Å²) < 4.78 is 11.0. The summed E-state index contributed by atoms with van der Waals surface area (Å²) >= 11 is 1.52. The third-order valence-electron chi connectivity index (χ3n) is 5.67. The number of aromatic nitrogens is 1. The van der Waals surface area contributed by atoms with Crippen molar-refractivity contribution < 1.29 is 18.7 Å². The highest BCUT2D eigenvalue weighted by atomic mass is 32.1. The molecule has 0 atom stereocenters. The molecule has 1 aliphatic rings. The summed E-state index contributed by atoms with van der Waals surface area (Å²) in [6.45, 7) is 5.71. The summed E-state index contributed by atoms with van der Waals surface area (Å²) in [5, 5.41) is 2.79. The molecule has 2 amide bonds. The van der Waals surface area contributed by atoms with Crippen LogP contribution < -0.4 is 4.74 Å². The Morgan fingerprint density at radius 3 is 2.58 bits per heavy atom. The lowest BCUT2D eigenvalue weighted by atomic mass is 9.97. The molecule has 0 aliphatic carbocycles. The van der Waals surface area contributed by atoms with Crippen molar-refractivity contribution in [3.05, 3.63) is 70.1 Å². The number of thiazole rings is 1. The molecule has 0 saturated carbocycles. The Hall–Kier alpha value is -3.13. The zero-order chi connectivity index (χ0) is 23.4. The molecule has 0 radical (unpaired) electrons. The topological polar surface area (TPSA) is 75.9 Å². The lowest BCUT2D eigenvalue weighted by Gasteiger charge is -2.31. The highest BCUT2D eigenvalue weighted by Gasteiger charge is 2.27. The highest BCUT2D eigenvalue weighted by molar-refractivity contribution is 7.09. The maximum Gasteiger partial charge on any atom is 0.273 e. The summed E-state index contributed by atoms with van der Waals surface area (Å²) in [6.07, 6.45) is 3.37. The van der Waals surface area contributed by atoms with Gasteiger partial charge in [0.2, 0.25) is 0 Å². The van der Waals surface area contributed by atoms with Crippen LogP contribution in [0.4, 0.5) is 0 Å². The predicted molar refractivity (Wildman–Crippen MR) is 127 cm³/mol. The van der Waals surface area contributed by atoms with Crippen LogP contribution in [-0.4, -0.2) is 52.8 Å². The molecule has 2 aromatic heterocycles. The number of ether oxygens (including phenoxy) is 1. The maximum absolute atomic E-state index is 12.9. The minimum atomic E-state index is -0.119. The monoisotopic (exact) mass is 467 g/mol. The van der Waals surface area contributed by atoms with Crippen molar-refractivity contribution in [2.75, 3.05) is 20.1 Å². The van der Waals surface area contributed by atoms with Crippen LogP contribution in [0, 0.1) is 0 Å². The summed E-state index contributed by atoms with van der Waals surface area (Å²) in [5.74, 6) is 1.69. The van der Waals surface area contributed by atoms with Gasteiger partial charge in [0.25, 0.3) is 11.8 Å². The van der Waals surface area contributed by atoms with Crippen molar-refractivity contribution in [3.63, 3.8) is 0 Å². The molecule has 3 heterocycles. The fraction of sp³-hybridized carbons (Fsp3) is 0.400. The number of rotatable bonds is 7. The Morgan fingerprint density at radius 2 is 1.94 bits per heavy atom. The van der Waals surface area contributed by atoms with Crippen LogP contribution in [0.5, 0.6) is 5.75 Å². The molecule has 1 aliphatic heterocycles. The van der Waals surface area contributed by atoms with Crippen molar-refractivity contribution in [2.45, 2.75) is 45.3 Å². The number of likely N-dealkylation sites (tertiary alicyclic amines) is 1. The number of piperidine rings is 1.